The molecule has 0 radical (unpaired) electrons. The number of hydrogen-bond acceptors (Lipinski definition) is 5. The van der Waals surface area contributed by atoms with E-state index in [-0.39, 0.29) is 19.1 Å². The molecule has 386 valence electrons. The van der Waals surface area contributed by atoms with Crippen LogP contribution in [0.15, 0.2) is 97.2 Å². The van der Waals surface area contributed by atoms with Gasteiger partial charge in [0.15, 0.2) is 0 Å². The summed E-state index contributed by atoms with van der Waals surface area (Å²) in [4.78, 5) is 23.3. The van der Waals surface area contributed by atoms with Crippen molar-refractivity contribution in [2.24, 2.45) is 0 Å². The third-order valence-corrected chi connectivity index (χ3v) is 12.5. The number of hydrogen-bond donors (Lipinski definition) is 3. The monoisotopic (exact) mass is 956 g/mol. The summed E-state index contributed by atoms with van der Waals surface area (Å²) in [5.41, 5.74) is 0. The van der Waals surface area contributed by atoms with Gasteiger partial charge in [-0.2, -0.15) is 0 Å². The maximum Gasteiger partial charge on any atom is 0.472 e. The number of carbonyl (C=O) groups excluding carboxylic acids is 1. The van der Waals surface area contributed by atoms with Crippen LogP contribution in [0.4, 0.5) is 0 Å². The highest BCUT2D eigenvalue weighted by molar-refractivity contribution is 7.47. The van der Waals surface area contributed by atoms with Crippen molar-refractivity contribution < 1.29 is 32.9 Å². The van der Waals surface area contributed by atoms with Gasteiger partial charge in [0, 0.05) is 6.42 Å². The van der Waals surface area contributed by atoms with Crippen LogP contribution in [-0.4, -0.2) is 73.4 Å². The topological polar surface area (TPSA) is 105 Å². The Morgan fingerprint density at radius 2 is 0.910 bits per heavy atom. The van der Waals surface area contributed by atoms with Gasteiger partial charge in [-0.25, -0.2) is 4.57 Å². The van der Waals surface area contributed by atoms with E-state index >= 15 is 0 Å². The van der Waals surface area contributed by atoms with Gasteiger partial charge >= 0.3 is 7.82 Å². The van der Waals surface area contributed by atoms with E-state index in [4.69, 9.17) is 9.05 Å². The zero-order valence-electron chi connectivity index (χ0n) is 43.9. The molecule has 0 spiro atoms. The summed E-state index contributed by atoms with van der Waals surface area (Å²) in [6, 6.07) is -0.883. The first-order valence-electron chi connectivity index (χ1n) is 27.1. The van der Waals surface area contributed by atoms with E-state index in [9.17, 15) is 19.4 Å². The van der Waals surface area contributed by atoms with Gasteiger partial charge in [0.1, 0.15) is 13.2 Å². The number of carbonyl (C=O) groups is 1. The van der Waals surface area contributed by atoms with E-state index in [2.05, 4.69) is 104 Å². The van der Waals surface area contributed by atoms with Crippen LogP contribution >= 0.6 is 7.82 Å². The van der Waals surface area contributed by atoms with Gasteiger partial charge in [-0.15, -0.1) is 0 Å². The third kappa shape index (κ3) is 51.1. The zero-order chi connectivity index (χ0) is 49.2. The highest BCUT2D eigenvalue weighted by Crippen LogP contribution is 2.43. The van der Waals surface area contributed by atoms with Crippen LogP contribution in [0.5, 0.6) is 0 Å². The van der Waals surface area contributed by atoms with Crippen LogP contribution in [0.1, 0.15) is 213 Å². The van der Waals surface area contributed by atoms with E-state index in [0.29, 0.717) is 17.4 Å². The number of unbranched alkanes of at least 4 members (excludes halogenated alkanes) is 21. The maximum atomic E-state index is 13.0. The molecule has 0 aromatic rings. The fraction of sp³-hybridized carbons (Fsp3) is 0.707. The number of phosphoric acid groups is 1. The number of rotatable bonds is 48. The molecule has 0 fully saturated rings. The molecule has 0 rings (SSSR count). The Labute approximate surface area is 413 Å². The summed E-state index contributed by atoms with van der Waals surface area (Å²) in [6.07, 6.45) is 69.3. The largest absolute Gasteiger partial charge is 0.472 e. The van der Waals surface area contributed by atoms with Crippen LogP contribution in [-0.2, 0) is 18.4 Å². The van der Waals surface area contributed by atoms with Crippen LogP contribution in [0.3, 0.4) is 0 Å². The fourth-order valence-corrected chi connectivity index (χ4v) is 8.01. The van der Waals surface area contributed by atoms with Crippen molar-refractivity contribution in [2.75, 3.05) is 40.9 Å². The van der Waals surface area contributed by atoms with Crippen LogP contribution in [0.2, 0.25) is 0 Å². The molecule has 0 saturated heterocycles. The van der Waals surface area contributed by atoms with Crippen LogP contribution in [0.25, 0.3) is 0 Å². The number of nitrogens with one attached hydrogen (secondary N) is 1. The van der Waals surface area contributed by atoms with Crippen molar-refractivity contribution in [3.05, 3.63) is 97.2 Å². The molecule has 0 aromatic heterocycles. The minimum Gasteiger partial charge on any atom is -0.387 e. The van der Waals surface area contributed by atoms with Gasteiger partial charge in [-0.05, 0) is 89.9 Å². The lowest BCUT2D eigenvalue weighted by molar-refractivity contribution is -0.870. The van der Waals surface area contributed by atoms with Crippen LogP contribution in [0, 0.1) is 0 Å². The summed E-state index contributed by atoms with van der Waals surface area (Å²) in [5, 5.41) is 13.9. The SMILES string of the molecule is CC/C=C\C/C=C\C/C=C\C/C=C\C/C=C\CCCCCCCCCC(=O)NC(COP(=O)(O)OCC[N+](C)(C)C)C(O)/C=C/CC/C=C/CC/C=C/CCCCCCCCCCCCCC. The van der Waals surface area contributed by atoms with Gasteiger partial charge in [0.25, 0.3) is 0 Å². The molecular weight excluding hydrogens is 852 g/mol. The number of amides is 1. The molecule has 3 unspecified atom stereocenters. The average Bonchev–Trinajstić information content (AvgIpc) is 3.29. The highest BCUT2D eigenvalue weighted by atomic mass is 31.2. The number of quaternary nitrogens is 1. The Kier molecular flexibility index (Phi) is 46.6. The second kappa shape index (κ2) is 48.4. The molecule has 0 bridgehead atoms. The number of phosphoric ester groups is 1. The van der Waals surface area contributed by atoms with E-state index in [1.165, 1.54) is 103 Å². The standard InChI is InChI=1S/C58H103N2O6P/c1-6-8-10-12-14-16-18-20-22-24-26-28-30-32-34-36-38-40-42-44-46-48-50-52-58(62)59-56(55-66-67(63,64)65-54-53-60(3,4)5)57(61)51-49-47-45-43-41-39-37-35-33-31-29-27-25-23-21-19-17-15-13-11-9-7-2/h8,10,14,16,20,22,26,28,32-35,41,43,49,51,56-57,61H,6-7,9,11-13,15,17-19,21,23-25,27,29-31,36-40,42,44-48,50,52-55H2,1-5H3,(H-,59,62,63,64)/p+1/b10-8-,16-14-,22-20-,28-26-,34-32-,35-33+,43-41+,51-49+. The second-order valence-electron chi connectivity index (χ2n) is 19.2. The Morgan fingerprint density at radius 3 is 1.37 bits per heavy atom. The van der Waals surface area contributed by atoms with Gasteiger partial charge < -0.3 is 19.8 Å². The van der Waals surface area contributed by atoms with Crippen molar-refractivity contribution in [3.63, 3.8) is 0 Å². The maximum absolute atomic E-state index is 13.0. The summed E-state index contributed by atoms with van der Waals surface area (Å²) in [6.45, 7) is 4.66. The van der Waals surface area contributed by atoms with Gasteiger partial charge in [0.2, 0.25) is 5.91 Å². The van der Waals surface area contributed by atoms with E-state index < -0.39 is 20.0 Å². The molecule has 0 saturated carbocycles. The highest BCUT2D eigenvalue weighted by Gasteiger charge is 2.27. The normalized spacial score (nSPS) is 14.8. The predicted octanol–water partition coefficient (Wildman–Crippen LogP) is 16.3. The quantitative estimate of drug-likeness (QED) is 0.0243. The molecule has 0 heterocycles. The lowest BCUT2D eigenvalue weighted by Gasteiger charge is -2.25. The number of nitrogens with zero attached hydrogens (tertiary/aromatic N) is 1. The minimum atomic E-state index is -4.37. The van der Waals surface area contributed by atoms with E-state index in [1.807, 2.05) is 27.2 Å². The summed E-state index contributed by atoms with van der Waals surface area (Å²) >= 11 is 0. The minimum absolute atomic E-state index is 0.0460. The predicted molar refractivity (Wildman–Crippen MR) is 290 cm³/mol. The van der Waals surface area contributed by atoms with E-state index in [1.54, 1.807) is 6.08 Å². The third-order valence-electron chi connectivity index (χ3n) is 11.5. The molecule has 3 N–H and O–H groups in total. The number of likely N-dealkylation sites (N-methyl/N-ethyl adjacent to an activating group) is 1. The second-order valence-corrected chi connectivity index (χ2v) is 20.7. The first-order chi connectivity index (χ1) is 32.5. The molecule has 67 heavy (non-hydrogen) atoms. The van der Waals surface area contributed by atoms with Crippen LogP contribution < -0.4 is 5.32 Å². The van der Waals surface area contributed by atoms with Crippen molar-refractivity contribution in [1.29, 1.82) is 0 Å². The molecule has 8 nitrogen and oxygen atoms in total. The Morgan fingerprint density at radius 1 is 0.522 bits per heavy atom. The molecule has 0 aliphatic heterocycles. The summed E-state index contributed by atoms with van der Waals surface area (Å²) in [5.74, 6) is -0.206. The van der Waals surface area contributed by atoms with E-state index in [0.717, 1.165) is 89.9 Å². The summed E-state index contributed by atoms with van der Waals surface area (Å²) in [7, 11) is 1.52. The average molecular weight is 956 g/mol. The molecule has 1 amide bonds. The zero-order valence-corrected chi connectivity index (χ0v) is 44.8. The molecule has 0 aliphatic rings. The van der Waals surface area contributed by atoms with Crippen molar-refractivity contribution in [1.82, 2.24) is 5.32 Å². The fourth-order valence-electron chi connectivity index (χ4n) is 7.28. The van der Waals surface area contributed by atoms with Gasteiger partial charge in [-0.1, -0.05) is 214 Å². The first-order valence-corrected chi connectivity index (χ1v) is 28.6. The molecule has 3 atom stereocenters. The smallest absolute Gasteiger partial charge is 0.387 e. The molecule has 0 aromatic carbocycles. The van der Waals surface area contributed by atoms with Crippen molar-refractivity contribution in [3.8, 4) is 0 Å². The molecule has 9 heteroatoms. The lowest BCUT2D eigenvalue weighted by atomic mass is 10.0. The van der Waals surface area contributed by atoms with Gasteiger partial charge in [-0.3, -0.25) is 13.8 Å². The van der Waals surface area contributed by atoms with Gasteiger partial charge in [0.05, 0.1) is 39.9 Å². The first kappa shape index (κ1) is 64.4. The lowest BCUT2D eigenvalue weighted by Crippen LogP contribution is -2.45. The van der Waals surface area contributed by atoms with Crippen molar-refractivity contribution in [2.45, 2.75) is 225 Å². The summed E-state index contributed by atoms with van der Waals surface area (Å²) < 4.78 is 23.6. The number of allylic oxidation sites excluding steroid dienone is 15. The van der Waals surface area contributed by atoms with Crippen molar-refractivity contribution >= 4 is 13.7 Å². The number of aliphatic hydroxyl groups excluding tert-OH is 1. The number of aliphatic hydroxyl groups is 1. The molecule has 0 aliphatic carbocycles. The Bertz CT molecular complexity index is 1410. The Balaban J connectivity index is 4.40. The Hall–Kier alpha value is -2.58. The molecular formula is C58H104N2O6P+.